The van der Waals surface area contributed by atoms with Crippen molar-refractivity contribution >= 4 is 5.97 Å². The Balaban J connectivity index is 2.15. The highest BCUT2D eigenvalue weighted by molar-refractivity contribution is 5.75. The van der Waals surface area contributed by atoms with Crippen LogP contribution in [0, 0.1) is 0 Å². The first kappa shape index (κ1) is 11.5. The molecule has 0 amide bonds. The zero-order valence-electron chi connectivity index (χ0n) is 8.70. The van der Waals surface area contributed by atoms with Crippen LogP contribution in [-0.2, 0) is 14.3 Å². The molecule has 0 aromatic carbocycles. The van der Waals surface area contributed by atoms with E-state index in [1.165, 1.54) is 0 Å². The maximum Gasteiger partial charge on any atom is 0.322 e. The molecule has 4 nitrogen and oxygen atoms in total. The molecule has 1 aliphatic rings. The van der Waals surface area contributed by atoms with Crippen molar-refractivity contribution in [3.8, 4) is 0 Å². The predicted molar refractivity (Wildman–Crippen MR) is 52.8 cm³/mol. The molecule has 82 valence electrons. The lowest BCUT2D eigenvalue weighted by Gasteiger charge is -2.22. The Hall–Kier alpha value is -0.610. The zero-order chi connectivity index (χ0) is 10.4. The fourth-order valence-corrected chi connectivity index (χ4v) is 1.39. The largest absolute Gasteiger partial charge is 0.462 e. The molecule has 0 aromatic rings. The van der Waals surface area contributed by atoms with Gasteiger partial charge < -0.3 is 15.2 Å². The molecule has 2 N–H and O–H groups in total. The van der Waals surface area contributed by atoms with E-state index >= 15 is 0 Å². The van der Waals surface area contributed by atoms with Gasteiger partial charge in [0.05, 0.1) is 6.10 Å². The van der Waals surface area contributed by atoms with Crippen LogP contribution in [0.2, 0.25) is 0 Å². The second-order valence-electron chi connectivity index (χ2n) is 3.63. The van der Waals surface area contributed by atoms with Gasteiger partial charge in [-0.15, -0.1) is 0 Å². The van der Waals surface area contributed by atoms with Gasteiger partial charge in [-0.25, -0.2) is 0 Å². The molecule has 1 aliphatic heterocycles. The van der Waals surface area contributed by atoms with E-state index < -0.39 is 6.04 Å². The van der Waals surface area contributed by atoms with Crippen LogP contribution in [0.4, 0.5) is 0 Å². The van der Waals surface area contributed by atoms with Crippen LogP contribution in [0.1, 0.15) is 32.6 Å². The van der Waals surface area contributed by atoms with Gasteiger partial charge in [-0.1, -0.05) is 6.92 Å². The molecule has 0 aliphatic carbocycles. The first-order chi connectivity index (χ1) is 6.74. The van der Waals surface area contributed by atoms with Crippen molar-refractivity contribution in [2.75, 3.05) is 13.2 Å². The molecular formula is C10H19NO3. The quantitative estimate of drug-likeness (QED) is 0.684. The summed E-state index contributed by atoms with van der Waals surface area (Å²) in [6.45, 7) is 3.00. The van der Waals surface area contributed by atoms with E-state index in [-0.39, 0.29) is 12.1 Å². The van der Waals surface area contributed by atoms with E-state index in [0.29, 0.717) is 13.0 Å². The summed E-state index contributed by atoms with van der Waals surface area (Å²) in [5.74, 6) is -0.318. The van der Waals surface area contributed by atoms with Gasteiger partial charge in [0.2, 0.25) is 0 Å². The first-order valence-corrected chi connectivity index (χ1v) is 5.28. The van der Waals surface area contributed by atoms with E-state index in [4.69, 9.17) is 15.2 Å². The van der Waals surface area contributed by atoms with Crippen molar-refractivity contribution < 1.29 is 14.3 Å². The smallest absolute Gasteiger partial charge is 0.322 e. The van der Waals surface area contributed by atoms with Crippen molar-refractivity contribution in [1.29, 1.82) is 0 Å². The highest BCUT2D eigenvalue weighted by atomic mass is 16.6. The predicted octanol–water partition coefficient (Wildman–Crippen LogP) is 0.836. The summed E-state index contributed by atoms with van der Waals surface area (Å²) in [5.41, 5.74) is 5.52. The molecule has 0 saturated carbocycles. The van der Waals surface area contributed by atoms with E-state index in [0.717, 1.165) is 25.9 Å². The molecule has 1 unspecified atom stereocenters. The molecule has 1 rings (SSSR count). The standard InChI is InChI=1S/C10H19NO3/c1-2-9(11)10(12)14-7-8-5-3-4-6-13-8/h8-9H,2-7,11H2,1H3/t8?,9-/m1/s1. The zero-order valence-corrected chi connectivity index (χ0v) is 8.70. The molecular weight excluding hydrogens is 182 g/mol. The lowest BCUT2D eigenvalue weighted by atomic mass is 10.1. The van der Waals surface area contributed by atoms with Gasteiger partial charge in [0.15, 0.2) is 0 Å². The normalized spacial score (nSPS) is 24.3. The summed E-state index contributed by atoms with van der Waals surface area (Å²) in [4.78, 5) is 11.2. The molecule has 0 aromatic heterocycles. The summed E-state index contributed by atoms with van der Waals surface area (Å²) < 4.78 is 10.5. The van der Waals surface area contributed by atoms with Crippen molar-refractivity contribution in [2.24, 2.45) is 5.73 Å². The van der Waals surface area contributed by atoms with Crippen molar-refractivity contribution in [3.05, 3.63) is 0 Å². The van der Waals surface area contributed by atoms with Crippen LogP contribution in [0.15, 0.2) is 0 Å². The van der Waals surface area contributed by atoms with E-state index in [9.17, 15) is 4.79 Å². The SMILES string of the molecule is CC[C@@H](N)C(=O)OCC1CCCCO1. The Morgan fingerprint density at radius 1 is 1.64 bits per heavy atom. The van der Waals surface area contributed by atoms with Gasteiger partial charge in [-0.05, 0) is 25.7 Å². The highest BCUT2D eigenvalue weighted by Crippen LogP contribution is 2.12. The molecule has 1 fully saturated rings. The number of ether oxygens (including phenoxy) is 2. The summed E-state index contributed by atoms with van der Waals surface area (Å²) in [5, 5.41) is 0. The second kappa shape index (κ2) is 5.98. The molecule has 14 heavy (non-hydrogen) atoms. The highest BCUT2D eigenvalue weighted by Gasteiger charge is 2.18. The molecule has 1 saturated heterocycles. The number of esters is 1. The molecule has 4 heteroatoms. The van der Waals surface area contributed by atoms with Crippen LogP contribution < -0.4 is 5.73 Å². The maximum atomic E-state index is 11.2. The minimum Gasteiger partial charge on any atom is -0.462 e. The van der Waals surface area contributed by atoms with Gasteiger partial charge in [0.25, 0.3) is 0 Å². The summed E-state index contributed by atoms with van der Waals surface area (Å²) in [6.07, 6.45) is 3.94. The Labute approximate surface area is 84.7 Å². The Bertz CT molecular complexity index is 178. The third kappa shape index (κ3) is 3.64. The lowest BCUT2D eigenvalue weighted by Crippen LogP contribution is -2.34. The molecule has 2 atom stereocenters. The van der Waals surface area contributed by atoms with Gasteiger partial charge in [0, 0.05) is 6.61 Å². The monoisotopic (exact) mass is 201 g/mol. The fraction of sp³-hybridized carbons (Fsp3) is 0.900. The number of hydrogen-bond donors (Lipinski definition) is 1. The van der Waals surface area contributed by atoms with E-state index in [1.54, 1.807) is 0 Å². The Morgan fingerprint density at radius 2 is 2.43 bits per heavy atom. The van der Waals surface area contributed by atoms with E-state index in [1.807, 2.05) is 6.92 Å². The summed E-state index contributed by atoms with van der Waals surface area (Å²) in [7, 11) is 0. The van der Waals surface area contributed by atoms with E-state index in [2.05, 4.69) is 0 Å². The average molecular weight is 201 g/mol. The third-order valence-electron chi connectivity index (χ3n) is 2.43. The maximum absolute atomic E-state index is 11.2. The Kier molecular flexibility index (Phi) is 4.90. The topological polar surface area (TPSA) is 61.6 Å². The summed E-state index contributed by atoms with van der Waals surface area (Å²) in [6, 6.07) is -0.487. The van der Waals surface area contributed by atoms with Crippen LogP contribution >= 0.6 is 0 Å². The van der Waals surface area contributed by atoms with Crippen LogP contribution in [0.25, 0.3) is 0 Å². The van der Waals surface area contributed by atoms with Gasteiger partial charge >= 0.3 is 5.97 Å². The van der Waals surface area contributed by atoms with Crippen LogP contribution in [-0.4, -0.2) is 31.3 Å². The molecule has 0 spiro atoms. The fourth-order valence-electron chi connectivity index (χ4n) is 1.39. The number of hydrogen-bond acceptors (Lipinski definition) is 4. The van der Waals surface area contributed by atoms with Crippen molar-refractivity contribution in [3.63, 3.8) is 0 Å². The van der Waals surface area contributed by atoms with Crippen LogP contribution in [0.5, 0.6) is 0 Å². The number of carbonyl (C=O) groups excluding carboxylic acids is 1. The lowest BCUT2D eigenvalue weighted by molar-refractivity contribution is -0.150. The van der Waals surface area contributed by atoms with Gasteiger partial charge in [-0.2, -0.15) is 0 Å². The summed E-state index contributed by atoms with van der Waals surface area (Å²) >= 11 is 0. The minimum atomic E-state index is -0.487. The van der Waals surface area contributed by atoms with Crippen molar-refractivity contribution in [2.45, 2.75) is 44.8 Å². The minimum absolute atomic E-state index is 0.0803. The van der Waals surface area contributed by atoms with Gasteiger partial charge in [-0.3, -0.25) is 4.79 Å². The molecule has 0 radical (unpaired) electrons. The average Bonchev–Trinajstić information content (AvgIpc) is 2.26. The number of rotatable bonds is 4. The van der Waals surface area contributed by atoms with Crippen molar-refractivity contribution in [1.82, 2.24) is 0 Å². The third-order valence-corrected chi connectivity index (χ3v) is 2.43. The second-order valence-corrected chi connectivity index (χ2v) is 3.63. The van der Waals surface area contributed by atoms with Gasteiger partial charge in [0.1, 0.15) is 12.6 Å². The molecule has 0 bridgehead atoms. The Morgan fingerprint density at radius 3 is 3.00 bits per heavy atom. The van der Waals surface area contributed by atoms with Crippen LogP contribution in [0.3, 0.4) is 0 Å². The molecule has 1 heterocycles. The number of carbonyl (C=O) groups is 1. The first-order valence-electron chi connectivity index (χ1n) is 5.28. The number of nitrogens with two attached hydrogens (primary N) is 1.